The summed E-state index contributed by atoms with van der Waals surface area (Å²) in [7, 11) is 0. The molecule has 0 saturated heterocycles. The van der Waals surface area contributed by atoms with Crippen LogP contribution in [0.25, 0.3) is 0 Å². The van der Waals surface area contributed by atoms with Crippen molar-refractivity contribution in [3.63, 3.8) is 0 Å². The second kappa shape index (κ2) is 6.04. The SMILES string of the molecule is CCCCOc1ccc(Br)c(CN)c1. The van der Waals surface area contributed by atoms with Crippen LogP contribution in [-0.4, -0.2) is 6.61 Å². The smallest absolute Gasteiger partial charge is 0.119 e. The van der Waals surface area contributed by atoms with Crippen LogP contribution in [0.4, 0.5) is 0 Å². The Morgan fingerprint density at radius 1 is 1.43 bits per heavy atom. The first-order valence-electron chi connectivity index (χ1n) is 4.89. The molecule has 0 aliphatic heterocycles. The van der Waals surface area contributed by atoms with Crippen molar-refractivity contribution < 1.29 is 4.74 Å². The van der Waals surface area contributed by atoms with Crippen molar-refractivity contribution in [2.45, 2.75) is 26.3 Å². The van der Waals surface area contributed by atoms with Crippen molar-refractivity contribution in [3.8, 4) is 5.75 Å². The minimum absolute atomic E-state index is 0.533. The summed E-state index contributed by atoms with van der Waals surface area (Å²) in [5.74, 6) is 0.905. The van der Waals surface area contributed by atoms with Gasteiger partial charge in [0.25, 0.3) is 0 Å². The van der Waals surface area contributed by atoms with Crippen LogP contribution in [-0.2, 0) is 6.54 Å². The van der Waals surface area contributed by atoms with Gasteiger partial charge in [-0.15, -0.1) is 0 Å². The van der Waals surface area contributed by atoms with Crippen LogP contribution in [0.3, 0.4) is 0 Å². The summed E-state index contributed by atoms with van der Waals surface area (Å²) in [6.45, 7) is 3.46. The van der Waals surface area contributed by atoms with E-state index in [2.05, 4.69) is 22.9 Å². The van der Waals surface area contributed by atoms with Gasteiger partial charge in [0.1, 0.15) is 5.75 Å². The summed E-state index contributed by atoms with van der Waals surface area (Å²) in [5.41, 5.74) is 6.67. The van der Waals surface area contributed by atoms with Crippen LogP contribution in [0.15, 0.2) is 22.7 Å². The lowest BCUT2D eigenvalue weighted by Crippen LogP contribution is -2.00. The number of benzene rings is 1. The van der Waals surface area contributed by atoms with Crippen molar-refractivity contribution in [1.29, 1.82) is 0 Å². The number of hydrogen-bond donors (Lipinski definition) is 1. The molecule has 0 saturated carbocycles. The molecule has 78 valence electrons. The largest absolute Gasteiger partial charge is 0.494 e. The third-order valence-electron chi connectivity index (χ3n) is 2.00. The highest BCUT2D eigenvalue weighted by Gasteiger charge is 2.00. The van der Waals surface area contributed by atoms with Gasteiger partial charge in [-0.25, -0.2) is 0 Å². The van der Waals surface area contributed by atoms with Crippen molar-refractivity contribution in [2.75, 3.05) is 6.61 Å². The minimum atomic E-state index is 0.533. The number of rotatable bonds is 5. The molecule has 1 aromatic rings. The Morgan fingerprint density at radius 3 is 2.86 bits per heavy atom. The molecule has 0 aromatic heterocycles. The highest BCUT2D eigenvalue weighted by atomic mass is 79.9. The van der Waals surface area contributed by atoms with Gasteiger partial charge in [-0.3, -0.25) is 0 Å². The fourth-order valence-corrected chi connectivity index (χ4v) is 1.54. The number of halogens is 1. The zero-order valence-electron chi connectivity index (χ0n) is 8.42. The zero-order chi connectivity index (χ0) is 10.4. The van der Waals surface area contributed by atoms with E-state index in [1.807, 2.05) is 18.2 Å². The molecule has 14 heavy (non-hydrogen) atoms. The van der Waals surface area contributed by atoms with Gasteiger partial charge in [0.15, 0.2) is 0 Å². The van der Waals surface area contributed by atoms with E-state index in [0.29, 0.717) is 6.54 Å². The minimum Gasteiger partial charge on any atom is -0.494 e. The molecule has 0 heterocycles. The van der Waals surface area contributed by atoms with Gasteiger partial charge in [0, 0.05) is 11.0 Å². The molecule has 0 bridgehead atoms. The molecule has 0 fully saturated rings. The van der Waals surface area contributed by atoms with Crippen LogP contribution < -0.4 is 10.5 Å². The zero-order valence-corrected chi connectivity index (χ0v) is 10.0. The normalized spacial score (nSPS) is 10.2. The highest BCUT2D eigenvalue weighted by Crippen LogP contribution is 2.22. The Hall–Kier alpha value is -0.540. The molecular formula is C11H16BrNO. The van der Waals surface area contributed by atoms with Crippen LogP contribution in [0.5, 0.6) is 5.75 Å². The van der Waals surface area contributed by atoms with Gasteiger partial charge in [-0.2, -0.15) is 0 Å². The molecule has 0 atom stereocenters. The van der Waals surface area contributed by atoms with Gasteiger partial charge >= 0.3 is 0 Å². The second-order valence-corrected chi connectivity index (χ2v) is 4.01. The lowest BCUT2D eigenvalue weighted by Gasteiger charge is -2.07. The van der Waals surface area contributed by atoms with E-state index in [0.717, 1.165) is 35.2 Å². The molecule has 0 spiro atoms. The summed E-state index contributed by atoms with van der Waals surface area (Å²) < 4.78 is 6.61. The van der Waals surface area contributed by atoms with E-state index < -0.39 is 0 Å². The third-order valence-corrected chi connectivity index (χ3v) is 2.78. The maximum atomic E-state index is 5.59. The lowest BCUT2D eigenvalue weighted by atomic mass is 10.2. The Kier molecular flexibility index (Phi) is 4.98. The number of hydrogen-bond acceptors (Lipinski definition) is 2. The standard InChI is InChI=1S/C11H16BrNO/c1-2-3-6-14-10-4-5-11(12)9(7-10)8-13/h4-5,7H,2-3,6,8,13H2,1H3. The molecule has 0 aliphatic rings. The van der Waals surface area contributed by atoms with Gasteiger partial charge in [0.05, 0.1) is 6.61 Å². The molecule has 3 heteroatoms. The fraction of sp³-hybridized carbons (Fsp3) is 0.455. The maximum Gasteiger partial charge on any atom is 0.119 e. The van der Waals surface area contributed by atoms with Crippen molar-refractivity contribution in [1.82, 2.24) is 0 Å². The monoisotopic (exact) mass is 257 g/mol. The molecule has 1 rings (SSSR count). The first-order valence-corrected chi connectivity index (χ1v) is 5.68. The van der Waals surface area contributed by atoms with E-state index in [-0.39, 0.29) is 0 Å². The first kappa shape index (κ1) is 11.5. The van der Waals surface area contributed by atoms with Crippen LogP contribution in [0.2, 0.25) is 0 Å². The van der Waals surface area contributed by atoms with Gasteiger partial charge in [-0.05, 0) is 30.2 Å². The van der Waals surface area contributed by atoms with E-state index in [1.54, 1.807) is 0 Å². The van der Waals surface area contributed by atoms with Crippen molar-refractivity contribution in [3.05, 3.63) is 28.2 Å². The summed E-state index contributed by atoms with van der Waals surface area (Å²) in [6.07, 6.45) is 2.24. The Bertz CT molecular complexity index is 289. The van der Waals surface area contributed by atoms with E-state index >= 15 is 0 Å². The molecule has 2 N–H and O–H groups in total. The van der Waals surface area contributed by atoms with E-state index in [4.69, 9.17) is 10.5 Å². The van der Waals surface area contributed by atoms with Crippen molar-refractivity contribution >= 4 is 15.9 Å². The Labute approximate surface area is 93.6 Å². The van der Waals surface area contributed by atoms with Crippen LogP contribution in [0.1, 0.15) is 25.3 Å². The Balaban J connectivity index is 2.60. The quantitative estimate of drug-likeness (QED) is 0.824. The molecule has 1 aromatic carbocycles. The second-order valence-electron chi connectivity index (χ2n) is 3.16. The number of nitrogens with two attached hydrogens (primary N) is 1. The summed E-state index contributed by atoms with van der Waals surface area (Å²) in [4.78, 5) is 0. The molecule has 0 unspecified atom stereocenters. The van der Waals surface area contributed by atoms with Crippen molar-refractivity contribution in [2.24, 2.45) is 5.73 Å². The number of ether oxygens (including phenoxy) is 1. The fourth-order valence-electron chi connectivity index (χ4n) is 1.13. The van der Waals surface area contributed by atoms with Crippen LogP contribution in [0, 0.1) is 0 Å². The number of unbranched alkanes of at least 4 members (excludes halogenated alkanes) is 1. The summed E-state index contributed by atoms with van der Waals surface area (Å²) in [5, 5.41) is 0. The van der Waals surface area contributed by atoms with E-state index in [9.17, 15) is 0 Å². The third kappa shape index (κ3) is 3.31. The topological polar surface area (TPSA) is 35.2 Å². The summed E-state index contributed by atoms with van der Waals surface area (Å²) in [6, 6.07) is 5.92. The maximum absolute atomic E-state index is 5.59. The van der Waals surface area contributed by atoms with E-state index in [1.165, 1.54) is 0 Å². The van der Waals surface area contributed by atoms with Gasteiger partial charge in [-0.1, -0.05) is 29.3 Å². The lowest BCUT2D eigenvalue weighted by molar-refractivity contribution is 0.309. The molecule has 0 radical (unpaired) electrons. The molecule has 0 amide bonds. The van der Waals surface area contributed by atoms with Gasteiger partial charge < -0.3 is 10.5 Å². The Morgan fingerprint density at radius 2 is 2.21 bits per heavy atom. The first-order chi connectivity index (χ1) is 6.77. The molecular weight excluding hydrogens is 242 g/mol. The average molecular weight is 258 g/mol. The predicted octanol–water partition coefficient (Wildman–Crippen LogP) is 3.09. The summed E-state index contributed by atoms with van der Waals surface area (Å²) >= 11 is 3.44. The molecule has 2 nitrogen and oxygen atoms in total. The molecule has 0 aliphatic carbocycles. The predicted molar refractivity (Wildman–Crippen MR) is 62.4 cm³/mol. The van der Waals surface area contributed by atoms with Crippen LogP contribution >= 0.6 is 15.9 Å². The van der Waals surface area contributed by atoms with Gasteiger partial charge in [0.2, 0.25) is 0 Å². The average Bonchev–Trinajstić information content (AvgIpc) is 2.21. The highest BCUT2D eigenvalue weighted by molar-refractivity contribution is 9.10.